The lowest BCUT2D eigenvalue weighted by atomic mass is 10.1. The quantitative estimate of drug-likeness (QED) is 0.919. The zero-order valence-electron chi connectivity index (χ0n) is 11.2. The Labute approximate surface area is 112 Å². The van der Waals surface area contributed by atoms with Crippen molar-refractivity contribution >= 4 is 16.9 Å². The first-order valence-corrected chi connectivity index (χ1v) is 6.92. The van der Waals surface area contributed by atoms with Crippen LogP contribution in [0.3, 0.4) is 0 Å². The highest BCUT2D eigenvalue weighted by Crippen LogP contribution is 2.25. The lowest BCUT2D eigenvalue weighted by Gasteiger charge is -2.21. The summed E-state index contributed by atoms with van der Waals surface area (Å²) in [5, 5.41) is 0. The third kappa shape index (κ3) is 2.48. The van der Waals surface area contributed by atoms with Crippen molar-refractivity contribution in [3.8, 4) is 0 Å². The molecule has 1 heterocycles. The number of amides is 1. The van der Waals surface area contributed by atoms with Crippen LogP contribution < -0.4 is 0 Å². The maximum Gasteiger partial charge on any atom is 0.253 e. The molecule has 1 N–H and O–H groups in total. The molecule has 19 heavy (non-hydrogen) atoms. The van der Waals surface area contributed by atoms with Crippen LogP contribution in [-0.2, 0) is 0 Å². The highest BCUT2D eigenvalue weighted by molar-refractivity contribution is 5.97. The van der Waals surface area contributed by atoms with E-state index in [-0.39, 0.29) is 5.91 Å². The Hall–Kier alpha value is -1.84. The molecule has 4 nitrogen and oxygen atoms in total. The fourth-order valence-electron chi connectivity index (χ4n) is 2.95. The number of aromatic nitrogens is 2. The van der Waals surface area contributed by atoms with Gasteiger partial charge in [-0.2, -0.15) is 0 Å². The van der Waals surface area contributed by atoms with Crippen molar-refractivity contribution in [2.45, 2.75) is 25.7 Å². The minimum Gasteiger partial charge on any atom is -0.345 e. The summed E-state index contributed by atoms with van der Waals surface area (Å²) in [6, 6.07) is 5.63. The number of rotatable bonds is 3. The maximum atomic E-state index is 12.4. The maximum absolute atomic E-state index is 12.4. The molecule has 4 heteroatoms. The third-order valence-corrected chi connectivity index (χ3v) is 4.02. The summed E-state index contributed by atoms with van der Waals surface area (Å²) in [7, 11) is 1.90. The molecule has 0 radical (unpaired) electrons. The number of imidazole rings is 1. The SMILES string of the molecule is CN(CC1CCCC1)C(=O)c1ccc2nc[nH]c2c1. The topological polar surface area (TPSA) is 49.0 Å². The Morgan fingerprint density at radius 3 is 3.00 bits per heavy atom. The monoisotopic (exact) mass is 257 g/mol. The molecule has 1 aromatic carbocycles. The van der Waals surface area contributed by atoms with Crippen LogP contribution in [0.1, 0.15) is 36.0 Å². The van der Waals surface area contributed by atoms with E-state index in [2.05, 4.69) is 9.97 Å². The molecule has 0 unspecified atom stereocenters. The van der Waals surface area contributed by atoms with Crippen molar-refractivity contribution in [3.05, 3.63) is 30.1 Å². The van der Waals surface area contributed by atoms with Crippen LogP contribution in [0.25, 0.3) is 11.0 Å². The van der Waals surface area contributed by atoms with Gasteiger partial charge in [0.15, 0.2) is 0 Å². The third-order valence-electron chi connectivity index (χ3n) is 4.02. The molecule has 0 spiro atoms. The lowest BCUT2D eigenvalue weighted by molar-refractivity contribution is 0.0773. The molecule has 0 atom stereocenters. The van der Waals surface area contributed by atoms with Crippen LogP contribution in [0.15, 0.2) is 24.5 Å². The van der Waals surface area contributed by atoms with Crippen LogP contribution in [0.2, 0.25) is 0 Å². The highest BCUT2D eigenvalue weighted by atomic mass is 16.2. The predicted molar refractivity (Wildman–Crippen MR) is 75.0 cm³/mol. The van der Waals surface area contributed by atoms with E-state index >= 15 is 0 Å². The van der Waals surface area contributed by atoms with Gasteiger partial charge in [0.25, 0.3) is 5.91 Å². The van der Waals surface area contributed by atoms with Gasteiger partial charge in [-0.15, -0.1) is 0 Å². The van der Waals surface area contributed by atoms with Crippen molar-refractivity contribution in [2.24, 2.45) is 5.92 Å². The Balaban J connectivity index is 1.74. The molecule has 1 aliphatic carbocycles. The zero-order chi connectivity index (χ0) is 13.2. The standard InChI is InChI=1S/C15H19N3O/c1-18(9-11-4-2-3-5-11)15(19)12-6-7-13-14(8-12)17-10-16-13/h6-8,10-11H,2-5,9H2,1H3,(H,16,17). The van der Waals surface area contributed by atoms with E-state index in [4.69, 9.17) is 0 Å². The first kappa shape index (κ1) is 12.2. The average molecular weight is 257 g/mol. The number of carbonyl (C=O) groups is 1. The number of H-pyrrole nitrogens is 1. The summed E-state index contributed by atoms with van der Waals surface area (Å²) >= 11 is 0. The molecule has 0 aliphatic heterocycles. The van der Waals surface area contributed by atoms with Gasteiger partial charge in [-0.25, -0.2) is 4.98 Å². The smallest absolute Gasteiger partial charge is 0.253 e. The average Bonchev–Trinajstić information content (AvgIpc) is 3.07. The Kier molecular flexibility index (Phi) is 3.23. The van der Waals surface area contributed by atoms with Gasteiger partial charge in [0.2, 0.25) is 0 Å². The molecule has 0 saturated heterocycles. The summed E-state index contributed by atoms with van der Waals surface area (Å²) in [4.78, 5) is 21.5. The molecule has 1 aromatic heterocycles. The fraction of sp³-hybridized carbons (Fsp3) is 0.467. The van der Waals surface area contributed by atoms with E-state index < -0.39 is 0 Å². The number of benzene rings is 1. The van der Waals surface area contributed by atoms with Gasteiger partial charge in [0, 0.05) is 19.2 Å². The number of nitrogens with zero attached hydrogens (tertiary/aromatic N) is 2. The van der Waals surface area contributed by atoms with E-state index in [1.165, 1.54) is 25.7 Å². The van der Waals surface area contributed by atoms with Crippen molar-refractivity contribution < 1.29 is 4.79 Å². The molecule has 1 fully saturated rings. The van der Waals surface area contributed by atoms with Crippen molar-refractivity contribution in [1.29, 1.82) is 0 Å². The molecule has 2 aromatic rings. The second-order valence-corrected chi connectivity index (χ2v) is 5.47. The molecular weight excluding hydrogens is 238 g/mol. The van der Waals surface area contributed by atoms with E-state index in [0.29, 0.717) is 5.92 Å². The number of hydrogen-bond donors (Lipinski definition) is 1. The molecule has 1 aliphatic rings. The van der Waals surface area contributed by atoms with Crippen LogP contribution in [0.5, 0.6) is 0 Å². The van der Waals surface area contributed by atoms with Gasteiger partial charge in [0.1, 0.15) is 0 Å². The van der Waals surface area contributed by atoms with E-state index in [9.17, 15) is 4.79 Å². The number of nitrogens with one attached hydrogen (secondary N) is 1. The lowest BCUT2D eigenvalue weighted by Crippen LogP contribution is -2.31. The minimum absolute atomic E-state index is 0.100. The van der Waals surface area contributed by atoms with Crippen molar-refractivity contribution in [2.75, 3.05) is 13.6 Å². The summed E-state index contributed by atoms with van der Waals surface area (Å²) < 4.78 is 0. The number of aromatic amines is 1. The van der Waals surface area contributed by atoms with Crippen LogP contribution in [0.4, 0.5) is 0 Å². The summed E-state index contributed by atoms with van der Waals surface area (Å²) in [5.41, 5.74) is 2.55. The minimum atomic E-state index is 0.100. The van der Waals surface area contributed by atoms with E-state index in [0.717, 1.165) is 23.1 Å². The van der Waals surface area contributed by atoms with Gasteiger partial charge in [-0.3, -0.25) is 4.79 Å². The van der Waals surface area contributed by atoms with Crippen molar-refractivity contribution in [1.82, 2.24) is 14.9 Å². The Morgan fingerprint density at radius 1 is 1.42 bits per heavy atom. The summed E-state index contributed by atoms with van der Waals surface area (Å²) in [6.45, 7) is 0.875. The van der Waals surface area contributed by atoms with E-state index in [1.807, 2.05) is 30.1 Å². The first-order valence-electron chi connectivity index (χ1n) is 6.92. The summed E-state index contributed by atoms with van der Waals surface area (Å²) in [5.74, 6) is 0.785. The zero-order valence-corrected chi connectivity index (χ0v) is 11.2. The van der Waals surface area contributed by atoms with Crippen LogP contribution in [0, 0.1) is 5.92 Å². The Morgan fingerprint density at radius 2 is 2.21 bits per heavy atom. The highest BCUT2D eigenvalue weighted by Gasteiger charge is 2.20. The molecule has 3 rings (SSSR count). The predicted octanol–water partition coefficient (Wildman–Crippen LogP) is 2.83. The second-order valence-electron chi connectivity index (χ2n) is 5.47. The number of fused-ring (bicyclic) bond motifs is 1. The fourth-order valence-corrected chi connectivity index (χ4v) is 2.95. The largest absolute Gasteiger partial charge is 0.345 e. The molecular formula is C15H19N3O. The molecule has 1 amide bonds. The first-order chi connectivity index (χ1) is 9.24. The Bertz CT molecular complexity index is 584. The van der Waals surface area contributed by atoms with Gasteiger partial charge < -0.3 is 9.88 Å². The molecule has 100 valence electrons. The van der Waals surface area contributed by atoms with E-state index in [1.54, 1.807) is 6.33 Å². The van der Waals surface area contributed by atoms with Gasteiger partial charge in [-0.05, 0) is 37.0 Å². The van der Waals surface area contributed by atoms with Gasteiger partial charge in [-0.1, -0.05) is 12.8 Å². The molecule has 1 saturated carbocycles. The second kappa shape index (κ2) is 5.03. The van der Waals surface area contributed by atoms with Crippen LogP contribution >= 0.6 is 0 Å². The number of carbonyl (C=O) groups excluding carboxylic acids is 1. The van der Waals surface area contributed by atoms with Crippen LogP contribution in [-0.4, -0.2) is 34.4 Å². The normalized spacial score (nSPS) is 16.1. The van der Waals surface area contributed by atoms with Crippen molar-refractivity contribution in [3.63, 3.8) is 0 Å². The molecule has 0 bridgehead atoms. The van der Waals surface area contributed by atoms with Gasteiger partial charge >= 0.3 is 0 Å². The van der Waals surface area contributed by atoms with Gasteiger partial charge in [0.05, 0.1) is 17.4 Å². The number of hydrogen-bond acceptors (Lipinski definition) is 2. The summed E-state index contributed by atoms with van der Waals surface area (Å²) in [6.07, 6.45) is 6.80.